The smallest absolute Gasteiger partial charge is 0.306 e. The van der Waals surface area contributed by atoms with Crippen LogP contribution in [-0.2, 0) is 19.7 Å². The molecule has 1 aromatic carbocycles. The number of esters is 1. The van der Waals surface area contributed by atoms with Crippen molar-refractivity contribution in [1.82, 2.24) is 4.31 Å². The maximum absolute atomic E-state index is 13.6. The predicted molar refractivity (Wildman–Crippen MR) is 72.9 cm³/mol. The van der Waals surface area contributed by atoms with Gasteiger partial charge in [-0.25, -0.2) is 4.39 Å². The highest BCUT2D eigenvalue weighted by molar-refractivity contribution is 7.90. The molecule has 0 fully saturated rings. The van der Waals surface area contributed by atoms with Gasteiger partial charge < -0.3 is 4.74 Å². The van der Waals surface area contributed by atoms with Gasteiger partial charge in [-0.05, 0) is 18.2 Å². The number of methoxy groups -OCH3 is 1. The van der Waals surface area contributed by atoms with Crippen LogP contribution in [0.25, 0.3) is 0 Å². The van der Waals surface area contributed by atoms with Crippen LogP contribution in [0.15, 0.2) is 18.2 Å². The number of halogens is 1. The van der Waals surface area contributed by atoms with Crippen molar-refractivity contribution in [3.63, 3.8) is 0 Å². The van der Waals surface area contributed by atoms with Crippen LogP contribution in [0.2, 0.25) is 0 Å². The molecule has 0 spiro atoms. The van der Waals surface area contributed by atoms with E-state index in [1.54, 1.807) is 6.07 Å². The second-order valence-corrected chi connectivity index (χ2v) is 5.84. The first-order valence-corrected chi connectivity index (χ1v) is 7.24. The Morgan fingerprint density at radius 1 is 1.52 bits per heavy atom. The van der Waals surface area contributed by atoms with E-state index in [9.17, 15) is 17.6 Å². The molecule has 9 heteroatoms. The predicted octanol–water partition coefficient (Wildman–Crippen LogP) is 0.849. The molecular weight excluding hydrogens is 301 g/mol. The molecule has 0 radical (unpaired) electrons. The molecule has 0 aromatic heterocycles. The fourth-order valence-electron chi connectivity index (χ4n) is 1.36. The summed E-state index contributed by atoms with van der Waals surface area (Å²) in [4.78, 5) is 11.0. The SMILES string of the molecule is COC(=O)CCN(C)S(=O)(=O)Nc1ccc(C#N)cc1F. The average molecular weight is 315 g/mol. The summed E-state index contributed by atoms with van der Waals surface area (Å²) in [5, 5.41) is 8.61. The average Bonchev–Trinajstić information content (AvgIpc) is 2.46. The minimum absolute atomic E-state index is 0.0782. The van der Waals surface area contributed by atoms with Crippen molar-refractivity contribution in [1.29, 1.82) is 5.26 Å². The second kappa shape index (κ2) is 7.01. The van der Waals surface area contributed by atoms with Gasteiger partial charge in [0.05, 0.1) is 30.9 Å². The van der Waals surface area contributed by atoms with Crippen LogP contribution in [0.5, 0.6) is 0 Å². The van der Waals surface area contributed by atoms with Crippen LogP contribution < -0.4 is 4.72 Å². The summed E-state index contributed by atoms with van der Waals surface area (Å²) in [5.74, 6) is -1.42. The number of anilines is 1. The van der Waals surface area contributed by atoms with Gasteiger partial charge >= 0.3 is 16.2 Å². The fourth-order valence-corrected chi connectivity index (χ4v) is 2.29. The third-order valence-electron chi connectivity index (χ3n) is 2.61. The van der Waals surface area contributed by atoms with Gasteiger partial charge in [0.1, 0.15) is 5.82 Å². The van der Waals surface area contributed by atoms with Crippen LogP contribution in [0.1, 0.15) is 12.0 Å². The monoisotopic (exact) mass is 315 g/mol. The number of benzene rings is 1. The van der Waals surface area contributed by atoms with E-state index in [2.05, 4.69) is 4.74 Å². The van der Waals surface area contributed by atoms with Crippen LogP contribution in [-0.4, -0.2) is 39.4 Å². The quantitative estimate of drug-likeness (QED) is 0.784. The van der Waals surface area contributed by atoms with E-state index in [0.717, 1.165) is 16.4 Å². The highest BCUT2D eigenvalue weighted by atomic mass is 32.2. The Morgan fingerprint density at radius 3 is 2.71 bits per heavy atom. The number of nitrogens with one attached hydrogen (secondary N) is 1. The maximum atomic E-state index is 13.6. The highest BCUT2D eigenvalue weighted by Crippen LogP contribution is 2.17. The Hall–Kier alpha value is -2.18. The molecule has 0 saturated carbocycles. The van der Waals surface area contributed by atoms with E-state index in [-0.39, 0.29) is 24.2 Å². The van der Waals surface area contributed by atoms with Crippen LogP contribution in [0.4, 0.5) is 10.1 Å². The van der Waals surface area contributed by atoms with E-state index < -0.39 is 22.0 Å². The zero-order chi connectivity index (χ0) is 16.0. The Morgan fingerprint density at radius 2 is 2.19 bits per heavy atom. The van der Waals surface area contributed by atoms with Crippen molar-refractivity contribution in [2.24, 2.45) is 0 Å². The molecule has 0 unspecified atom stereocenters. The van der Waals surface area contributed by atoms with Crippen LogP contribution >= 0.6 is 0 Å². The van der Waals surface area contributed by atoms with E-state index in [1.165, 1.54) is 20.2 Å². The molecule has 0 amide bonds. The zero-order valence-corrected chi connectivity index (χ0v) is 12.3. The largest absolute Gasteiger partial charge is 0.469 e. The molecule has 0 aliphatic heterocycles. The topological polar surface area (TPSA) is 99.5 Å². The molecule has 1 aromatic rings. The van der Waals surface area contributed by atoms with Crippen molar-refractivity contribution in [3.05, 3.63) is 29.6 Å². The first-order chi connectivity index (χ1) is 9.80. The molecule has 0 aliphatic carbocycles. The van der Waals surface area contributed by atoms with Gasteiger partial charge in [-0.15, -0.1) is 0 Å². The summed E-state index contributed by atoms with van der Waals surface area (Å²) in [6.45, 7) is -0.111. The zero-order valence-electron chi connectivity index (χ0n) is 11.5. The Bertz CT molecular complexity index is 670. The molecule has 1 rings (SSSR count). The standard InChI is InChI=1S/C12H14FN3O4S/c1-16(6-5-12(17)20-2)21(18,19)15-11-4-3-9(8-14)7-10(11)13/h3-4,7,15H,5-6H2,1-2H3. The summed E-state index contributed by atoms with van der Waals surface area (Å²) in [7, 11) is -1.57. The van der Waals surface area contributed by atoms with E-state index >= 15 is 0 Å². The summed E-state index contributed by atoms with van der Waals surface area (Å²) in [6, 6.07) is 5.10. The van der Waals surface area contributed by atoms with Gasteiger partial charge in [0.2, 0.25) is 0 Å². The van der Waals surface area contributed by atoms with Gasteiger partial charge in [-0.1, -0.05) is 0 Å². The van der Waals surface area contributed by atoms with Crippen LogP contribution in [0.3, 0.4) is 0 Å². The first-order valence-electron chi connectivity index (χ1n) is 5.80. The summed E-state index contributed by atoms with van der Waals surface area (Å²) in [6.07, 6.45) is -0.121. The van der Waals surface area contributed by atoms with Crippen molar-refractivity contribution in [3.8, 4) is 6.07 Å². The van der Waals surface area contributed by atoms with Gasteiger partial charge in [-0.2, -0.15) is 18.0 Å². The summed E-state index contributed by atoms with van der Waals surface area (Å²) < 4.78 is 44.8. The minimum Gasteiger partial charge on any atom is -0.469 e. The van der Waals surface area contributed by atoms with Gasteiger partial charge in [0.25, 0.3) is 0 Å². The van der Waals surface area contributed by atoms with E-state index in [1.807, 2.05) is 4.72 Å². The lowest BCUT2D eigenvalue weighted by Crippen LogP contribution is -2.34. The number of hydrogen-bond donors (Lipinski definition) is 1. The van der Waals surface area contributed by atoms with Gasteiger partial charge in [0.15, 0.2) is 0 Å². The Labute approximate surface area is 122 Å². The minimum atomic E-state index is -4.01. The first kappa shape index (κ1) is 16.9. The van der Waals surface area contributed by atoms with Crippen molar-refractivity contribution in [2.45, 2.75) is 6.42 Å². The lowest BCUT2D eigenvalue weighted by molar-refractivity contribution is -0.140. The third-order valence-corrected chi connectivity index (χ3v) is 4.09. The number of nitrogens with zero attached hydrogens (tertiary/aromatic N) is 2. The number of carbonyl (C=O) groups excluding carboxylic acids is 1. The summed E-state index contributed by atoms with van der Waals surface area (Å²) in [5.41, 5.74) is -0.201. The fraction of sp³-hybridized carbons (Fsp3) is 0.333. The number of ether oxygens (including phenoxy) is 1. The van der Waals surface area contributed by atoms with Gasteiger partial charge in [0, 0.05) is 13.6 Å². The number of nitriles is 1. The summed E-state index contributed by atoms with van der Waals surface area (Å²) >= 11 is 0. The van der Waals surface area contributed by atoms with Crippen LogP contribution in [0, 0.1) is 17.1 Å². The molecular formula is C12H14FN3O4S. The normalized spacial score (nSPS) is 11.0. The van der Waals surface area contributed by atoms with Gasteiger partial charge in [-0.3, -0.25) is 9.52 Å². The maximum Gasteiger partial charge on any atom is 0.306 e. The van der Waals surface area contributed by atoms with Crippen molar-refractivity contribution in [2.75, 3.05) is 25.4 Å². The van der Waals surface area contributed by atoms with Crippen molar-refractivity contribution >= 4 is 21.9 Å². The molecule has 1 N–H and O–H groups in total. The second-order valence-electron chi connectivity index (χ2n) is 4.06. The molecule has 114 valence electrons. The number of rotatable bonds is 6. The molecule has 0 atom stereocenters. The lowest BCUT2D eigenvalue weighted by Gasteiger charge is -2.18. The number of hydrogen-bond acceptors (Lipinski definition) is 5. The van der Waals surface area contributed by atoms with E-state index in [0.29, 0.717) is 0 Å². The molecule has 7 nitrogen and oxygen atoms in total. The Kier molecular flexibility index (Phi) is 5.63. The lowest BCUT2D eigenvalue weighted by atomic mass is 10.2. The van der Waals surface area contributed by atoms with Crippen molar-refractivity contribution < 1.29 is 22.3 Å². The highest BCUT2D eigenvalue weighted by Gasteiger charge is 2.20. The molecule has 21 heavy (non-hydrogen) atoms. The number of carbonyl (C=O) groups is 1. The molecule has 0 bridgehead atoms. The molecule has 0 aliphatic rings. The molecule has 0 heterocycles. The Balaban J connectivity index is 2.81. The van der Waals surface area contributed by atoms with E-state index in [4.69, 9.17) is 5.26 Å². The molecule has 0 saturated heterocycles. The third kappa shape index (κ3) is 4.70.